The lowest BCUT2D eigenvalue weighted by Crippen LogP contribution is -2.22. The summed E-state index contributed by atoms with van der Waals surface area (Å²) in [6, 6.07) is 0. The second-order valence-corrected chi connectivity index (χ2v) is 3.84. The number of carbonyl (C=O) groups excluding carboxylic acids is 1. The molecule has 1 fully saturated rings. The molecule has 0 aliphatic carbocycles. The van der Waals surface area contributed by atoms with Crippen molar-refractivity contribution in [2.75, 3.05) is 6.61 Å². The zero-order chi connectivity index (χ0) is 9.84. The fraction of sp³-hybridized carbons (Fsp3) is 0.727. The lowest BCUT2D eigenvalue weighted by Gasteiger charge is -2.13. The molecule has 0 radical (unpaired) electrons. The van der Waals surface area contributed by atoms with E-state index in [0.29, 0.717) is 0 Å². The van der Waals surface area contributed by atoms with E-state index in [2.05, 4.69) is 6.92 Å². The van der Waals surface area contributed by atoms with Crippen molar-refractivity contribution in [1.29, 1.82) is 0 Å². The van der Waals surface area contributed by atoms with Gasteiger partial charge in [-0.05, 0) is 32.8 Å². The van der Waals surface area contributed by atoms with Crippen LogP contribution >= 0.6 is 0 Å². The van der Waals surface area contributed by atoms with Crippen LogP contribution in [0.5, 0.6) is 0 Å². The van der Waals surface area contributed by atoms with Crippen LogP contribution in [0.1, 0.15) is 33.6 Å². The van der Waals surface area contributed by atoms with Crippen LogP contribution in [0.4, 0.5) is 0 Å². The zero-order valence-electron chi connectivity index (χ0n) is 8.67. The highest BCUT2D eigenvalue weighted by Gasteiger charge is 2.31. The van der Waals surface area contributed by atoms with Crippen molar-refractivity contribution in [1.82, 2.24) is 0 Å². The smallest absolute Gasteiger partial charge is 0.161 e. The van der Waals surface area contributed by atoms with E-state index in [9.17, 15) is 4.79 Å². The molecule has 0 aromatic heterocycles. The van der Waals surface area contributed by atoms with E-state index in [1.54, 1.807) is 6.08 Å². The van der Waals surface area contributed by atoms with Gasteiger partial charge in [0.2, 0.25) is 0 Å². The summed E-state index contributed by atoms with van der Waals surface area (Å²) in [5.41, 5.74) is 1.08. The number of hydrogen-bond donors (Lipinski definition) is 0. The van der Waals surface area contributed by atoms with E-state index in [1.807, 2.05) is 13.8 Å². The molecule has 1 aliphatic heterocycles. The van der Waals surface area contributed by atoms with Crippen molar-refractivity contribution >= 4 is 5.78 Å². The molecular weight excluding hydrogens is 164 g/mol. The first-order valence-corrected chi connectivity index (χ1v) is 4.95. The highest BCUT2D eigenvalue weighted by atomic mass is 16.5. The number of ether oxygens (including phenoxy) is 1. The predicted molar refractivity (Wildman–Crippen MR) is 52.6 cm³/mol. The standard InChI is InChI=1S/C11H18O2/c1-4-11-9(5-6-13-11)10(12)7-8(2)3/h7,9,11H,4-6H2,1-3H3. The van der Waals surface area contributed by atoms with Gasteiger partial charge < -0.3 is 4.74 Å². The Balaban J connectivity index is 2.60. The van der Waals surface area contributed by atoms with Crippen LogP contribution in [0, 0.1) is 5.92 Å². The van der Waals surface area contributed by atoms with Crippen LogP contribution in [0.25, 0.3) is 0 Å². The zero-order valence-corrected chi connectivity index (χ0v) is 8.67. The van der Waals surface area contributed by atoms with Crippen LogP contribution in [-0.2, 0) is 9.53 Å². The first-order chi connectivity index (χ1) is 6.15. The maximum atomic E-state index is 11.7. The normalized spacial score (nSPS) is 27.3. The lowest BCUT2D eigenvalue weighted by atomic mass is 9.94. The highest BCUT2D eigenvalue weighted by Crippen LogP contribution is 2.24. The number of allylic oxidation sites excluding steroid dienone is 2. The average molecular weight is 182 g/mol. The molecule has 0 aromatic carbocycles. The summed E-state index contributed by atoms with van der Waals surface area (Å²) in [6.07, 6.45) is 3.72. The molecule has 0 amide bonds. The van der Waals surface area contributed by atoms with Crippen molar-refractivity contribution in [2.45, 2.75) is 39.7 Å². The van der Waals surface area contributed by atoms with Crippen molar-refractivity contribution in [3.63, 3.8) is 0 Å². The third kappa shape index (κ3) is 2.66. The molecule has 2 atom stereocenters. The van der Waals surface area contributed by atoms with Gasteiger partial charge >= 0.3 is 0 Å². The molecule has 1 aliphatic rings. The largest absolute Gasteiger partial charge is 0.377 e. The molecule has 74 valence electrons. The SMILES string of the molecule is CCC1OCCC1C(=O)C=C(C)C. The third-order valence-corrected chi connectivity index (χ3v) is 2.41. The van der Waals surface area contributed by atoms with Crippen LogP contribution < -0.4 is 0 Å². The minimum Gasteiger partial charge on any atom is -0.377 e. The summed E-state index contributed by atoms with van der Waals surface area (Å²) in [7, 11) is 0. The Morgan fingerprint density at radius 1 is 1.54 bits per heavy atom. The summed E-state index contributed by atoms with van der Waals surface area (Å²) in [4.78, 5) is 11.7. The highest BCUT2D eigenvalue weighted by molar-refractivity contribution is 5.92. The summed E-state index contributed by atoms with van der Waals surface area (Å²) < 4.78 is 5.47. The van der Waals surface area contributed by atoms with Gasteiger partial charge in [0.05, 0.1) is 12.0 Å². The van der Waals surface area contributed by atoms with Crippen LogP contribution in [-0.4, -0.2) is 18.5 Å². The van der Waals surface area contributed by atoms with Gasteiger partial charge in [-0.1, -0.05) is 12.5 Å². The van der Waals surface area contributed by atoms with E-state index in [1.165, 1.54) is 0 Å². The molecule has 2 nitrogen and oxygen atoms in total. The lowest BCUT2D eigenvalue weighted by molar-refractivity contribution is -0.119. The second-order valence-electron chi connectivity index (χ2n) is 3.84. The molecule has 13 heavy (non-hydrogen) atoms. The van der Waals surface area contributed by atoms with Crippen molar-refractivity contribution in [3.8, 4) is 0 Å². The Bertz CT molecular complexity index is 214. The van der Waals surface area contributed by atoms with Gasteiger partial charge in [0.1, 0.15) is 0 Å². The first-order valence-electron chi connectivity index (χ1n) is 4.95. The molecule has 1 saturated heterocycles. The molecule has 2 unspecified atom stereocenters. The third-order valence-electron chi connectivity index (χ3n) is 2.41. The molecule has 1 rings (SSSR count). The predicted octanol–water partition coefficient (Wildman–Crippen LogP) is 2.34. The Hall–Kier alpha value is -0.630. The van der Waals surface area contributed by atoms with Crippen molar-refractivity contribution in [3.05, 3.63) is 11.6 Å². The summed E-state index contributed by atoms with van der Waals surface area (Å²) in [5.74, 6) is 0.351. The minimum absolute atomic E-state index is 0.111. The molecule has 0 spiro atoms. The van der Waals surface area contributed by atoms with Gasteiger partial charge in [0, 0.05) is 6.61 Å². The summed E-state index contributed by atoms with van der Waals surface area (Å²) >= 11 is 0. The Kier molecular flexibility index (Phi) is 3.67. The van der Waals surface area contributed by atoms with Gasteiger partial charge in [-0.15, -0.1) is 0 Å². The molecule has 2 heteroatoms. The first kappa shape index (κ1) is 10.5. The summed E-state index contributed by atoms with van der Waals surface area (Å²) in [5, 5.41) is 0. The van der Waals surface area contributed by atoms with Gasteiger partial charge in [0.15, 0.2) is 5.78 Å². The quantitative estimate of drug-likeness (QED) is 0.626. The number of rotatable bonds is 3. The van der Waals surface area contributed by atoms with Gasteiger partial charge in [-0.2, -0.15) is 0 Å². The van der Waals surface area contributed by atoms with Gasteiger partial charge in [-0.25, -0.2) is 0 Å². The second kappa shape index (κ2) is 4.56. The van der Waals surface area contributed by atoms with Gasteiger partial charge in [-0.3, -0.25) is 4.79 Å². The number of carbonyl (C=O) groups is 1. The monoisotopic (exact) mass is 182 g/mol. The van der Waals surface area contributed by atoms with Crippen molar-refractivity contribution in [2.24, 2.45) is 5.92 Å². The Labute approximate surface area is 80.0 Å². The molecular formula is C11H18O2. The van der Waals surface area contributed by atoms with Crippen molar-refractivity contribution < 1.29 is 9.53 Å². The van der Waals surface area contributed by atoms with E-state index in [-0.39, 0.29) is 17.8 Å². The molecule has 0 saturated carbocycles. The molecule has 1 heterocycles. The Morgan fingerprint density at radius 3 is 2.77 bits per heavy atom. The topological polar surface area (TPSA) is 26.3 Å². The van der Waals surface area contributed by atoms with E-state index < -0.39 is 0 Å². The number of hydrogen-bond acceptors (Lipinski definition) is 2. The maximum absolute atomic E-state index is 11.7. The van der Waals surface area contributed by atoms with E-state index >= 15 is 0 Å². The summed E-state index contributed by atoms with van der Waals surface area (Å²) in [6.45, 7) is 6.72. The maximum Gasteiger partial charge on any atom is 0.161 e. The molecule has 0 bridgehead atoms. The van der Waals surface area contributed by atoms with Crippen LogP contribution in [0.15, 0.2) is 11.6 Å². The fourth-order valence-corrected chi connectivity index (χ4v) is 1.77. The van der Waals surface area contributed by atoms with E-state index in [0.717, 1.165) is 25.0 Å². The Morgan fingerprint density at radius 2 is 2.23 bits per heavy atom. The molecule has 0 N–H and O–H groups in total. The van der Waals surface area contributed by atoms with E-state index in [4.69, 9.17) is 4.74 Å². The van der Waals surface area contributed by atoms with Crippen LogP contribution in [0.2, 0.25) is 0 Å². The minimum atomic E-state index is 0.111. The fourth-order valence-electron chi connectivity index (χ4n) is 1.77. The van der Waals surface area contributed by atoms with Crippen LogP contribution in [0.3, 0.4) is 0 Å². The number of ketones is 1. The molecule has 0 aromatic rings. The average Bonchev–Trinajstić information content (AvgIpc) is 2.49. The van der Waals surface area contributed by atoms with Gasteiger partial charge in [0.25, 0.3) is 0 Å².